The molecule has 1 aromatic heterocycles. The van der Waals surface area contributed by atoms with E-state index in [0.29, 0.717) is 23.2 Å². The van der Waals surface area contributed by atoms with Gasteiger partial charge in [0.1, 0.15) is 5.75 Å². The van der Waals surface area contributed by atoms with E-state index in [9.17, 15) is 9.59 Å². The molecule has 0 saturated carbocycles. The molecule has 7 nitrogen and oxygen atoms in total. The van der Waals surface area contributed by atoms with Crippen LogP contribution >= 0.6 is 15.9 Å². The largest absolute Gasteiger partial charge is 0.480 e. The fourth-order valence-corrected chi connectivity index (χ4v) is 3.31. The number of ether oxygens (including phenoxy) is 1. The maximum atomic E-state index is 12.6. The van der Waals surface area contributed by atoms with E-state index in [4.69, 9.17) is 4.74 Å². The van der Waals surface area contributed by atoms with Gasteiger partial charge in [-0.05, 0) is 66.5 Å². The number of carbonyl (C=O) groups is 1. The zero-order valence-electron chi connectivity index (χ0n) is 15.8. The van der Waals surface area contributed by atoms with Gasteiger partial charge < -0.3 is 4.74 Å². The number of fused-ring (bicyclic) bond motifs is 1. The van der Waals surface area contributed by atoms with Crippen LogP contribution in [0.3, 0.4) is 0 Å². The first-order valence-electron chi connectivity index (χ1n) is 8.89. The fraction of sp³-hybridized carbons (Fsp3) is 0.250. The van der Waals surface area contributed by atoms with Crippen molar-refractivity contribution in [1.82, 2.24) is 15.0 Å². The Balaban J connectivity index is 1.74. The number of amides is 1. The number of hydrogen-bond acceptors (Lipinski definition) is 5. The minimum Gasteiger partial charge on any atom is -0.480 e. The SMILES string of the molecule is CCn1c(NNC(=O)C(C)Oc2ccc(C)cc2Br)nc2ccccc2c1=O. The molecule has 146 valence electrons. The minimum atomic E-state index is -0.756. The first-order valence-corrected chi connectivity index (χ1v) is 9.68. The van der Waals surface area contributed by atoms with Gasteiger partial charge in [0.2, 0.25) is 5.95 Å². The van der Waals surface area contributed by atoms with Crippen LogP contribution in [-0.2, 0) is 11.3 Å². The van der Waals surface area contributed by atoms with Crippen molar-refractivity contribution < 1.29 is 9.53 Å². The normalized spacial score (nSPS) is 11.9. The number of para-hydroxylation sites is 1. The predicted molar refractivity (Wildman–Crippen MR) is 112 cm³/mol. The first-order chi connectivity index (χ1) is 13.4. The summed E-state index contributed by atoms with van der Waals surface area (Å²) < 4.78 is 7.95. The van der Waals surface area contributed by atoms with E-state index in [-0.39, 0.29) is 11.5 Å². The van der Waals surface area contributed by atoms with Crippen molar-refractivity contribution in [3.8, 4) is 5.75 Å². The lowest BCUT2D eigenvalue weighted by molar-refractivity contribution is -0.126. The van der Waals surface area contributed by atoms with Gasteiger partial charge in [0.15, 0.2) is 6.10 Å². The molecule has 0 aliphatic rings. The van der Waals surface area contributed by atoms with E-state index in [2.05, 4.69) is 31.8 Å². The van der Waals surface area contributed by atoms with Crippen LogP contribution in [0.15, 0.2) is 51.7 Å². The molecule has 3 aromatic rings. The number of aryl methyl sites for hydroxylation is 1. The number of hydrazine groups is 1. The lowest BCUT2D eigenvalue weighted by Gasteiger charge is -2.18. The van der Waals surface area contributed by atoms with Crippen molar-refractivity contribution in [1.29, 1.82) is 0 Å². The van der Waals surface area contributed by atoms with E-state index in [0.717, 1.165) is 10.0 Å². The highest BCUT2D eigenvalue weighted by Gasteiger charge is 2.17. The van der Waals surface area contributed by atoms with Gasteiger partial charge in [0, 0.05) is 6.54 Å². The predicted octanol–water partition coefficient (Wildman–Crippen LogP) is 3.40. The van der Waals surface area contributed by atoms with Crippen molar-refractivity contribution in [2.45, 2.75) is 33.4 Å². The van der Waals surface area contributed by atoms with Crippen molar-refractivity contribution in [2.24, 2.45) is 0 Å². The van der Waals surface area contributed by atoms with Crippen LogP contribution in [0, 0.1) is 6.92 Å². The Labute approximate surface area is 170 Å². The number of benzene rings is 2. The van der Waals surface area contributed by atoms with Crippen LogP contribution < -0.4 is 21.1 Å². The maximum Gasteiger partial charge on any atom is 0.279 e. The van der Waals surface area contributed by atoms with Crippen LogP contribution in [0.5, 0.6) is 5.75 Å². The van der Waals surface area contributed by atoms with Crippen molar-refractivity contribution in [2.75, 3.05) is 5.43 Å². The number of carbonyl (C=O) groups excluding carboxylic acids is 1. The Morgan fingerprint density at radius 1 is 1.29 bits per heavy atom. The highest BCUT2D eigenvalue weighted by molar-refractivity contribution is 9.10. The summed E-state index contributed by atoms with van der Waals surface area (Å²) in [6.07, 6.45) is -0.756. The molecule has 0 saturated heterocycles. The third kappa shape index (κ3) is 4.17. The highest BCUT2D eigenvalue weighted by atomic mass is 79.9. The molecule has 1 heterocycles. The third-order valence-electron chi connectivity index (χ3n) is 4.24. The summed E-state index contributed by atoms with van der Waals surface area (Å²) in [6, 6.07) is 12.7. The number of hydrogen-bond donors (Lipinski definition) is 2. The lowest BCUT2D eigenvalue weighted by atomic mass is 10.2. The highest BCUT2D eigenvalue weighted by Crippen LogP contribution is 2.26. The lowest BCUT2D eigenvalue weighted by Crippen LogP contribution is -2.41. The molecule has 0 fully saturated rings. The molecule has 1 unspecified atom stereocenters. The van der Waals surface area contributed by atoms with Gasteiger partial charge in [-0.1, -0.05) is 18.2 Å². The number of nitrogens with zero attached hydrogens (tertiary/aromatic N) is 2. The molecular formula is C20H21BrN4O3. The van der Waals surface area contributed by atoms with Gasteiger partial charge >= 0.3 is 0 Å². The van der Waals surface area contributed by atoms with E-state index < -0.39 is 12.0 Å². The molecule has 2 aromatic carbocycles. The second-order valence-corrected chi connectivity index (χ2v) is 7.16. The summed E-state index contributed by atoms with van der Waals surface area (Å²) in [5, 5.41) is 0.530. The smallest absolute Gasteiger partial charge is 0.279 e. The molecule has 0 spiro atoms. The summed E-state index contributed by atoms with van der Waals surface area (Å²) in [5.74, 6) is 0.448. The van der Waals surface area contributed by atoms with E-state index in [1.54, 1.807) is 31.2 Å². The van der Waals surface area contributed by atoms with E-state index in [1.165, 1.54) is 4.57 Å². The summed E-state index contributed by atoms with van der Waals surface area (Å²) in [5.41, 5.74) is 6.78. The van der Waals surface area contributed by atoms with Gasteiger partial charge in [0.25, 0.3) is 11.5 Å². The van der Waals surface area contributed by atoms with Gasteiger partial charge in [-0.2, -0.15) is 0 Å². The fourth-order valence-electron chi connectivity index (χ4n) is 2.72. The van der Waals surface area contributed by atoms with Crippen LogP contribution in [0.25, 0.3) is 10.9 Å². The molecule has 8 heteroatoms. The monoisotopic (exact) mass is 444 g/mol. The molecule has 0 radical (unpaired) electrons. The van der Waals surface area contributed by atoms with Crippen molar-refractivity contribution >= 4 is 38.7 Å². The molecule has 3 rings (SSSR count). The Bertz CT molecular complexity index is 1080. The second-order valence-electron chi connectivity index (χ2n) is 6.31. The summed E-state index contributed by atoms with van der Waals surface area (Å²) >= 11 is 3.43. The average molecular weight is 445 g/mol. The van der Waals surface area contributed by atoms with Crippen LogP contribution in [0.1, 0.15) is 19.4 Å². The number of anilines is 1. The minimum absolute atomic E-state index is 0.169. The van der Waals surface area contributed by atoms with Crippen LogP contribution in [0.4, 0.5) is 5.95 Å². The van der Waals surface area contributed by atoms with Gasteiger partial charge in [-0.15, -0.1) is 0 Å². The average Bonchev–Trinajstić information content (AvgIpc) is 2.68. The molecule has 0 bridgehead atoms. The van der Waals surface area contributed by atoms with Crippen LogP contribution in [-0.4, -0.2) is 21.6 Å². The maximum absolute atomic E-state index is 12.6. The van der Waals surface area contributed by atoms with Crippen molar-refractivity contribution in [3.63, 3.8) is 0 Å². The van der Waals surface area contributed by atoms with Gasteiger partial charge in [0.05, 0.1) is 15.4 Å². The number of rotatable bonds is 6. The summed E-state index contributed by atoms with van der Waals surface area (Å²) in [4.78, 5) is 29.5. The Morgan fingerprint density at radius 3 is 2.75 bits per heavy atom. The zero-order valence-corrected chi connectivity index (χ0v) is 17.4. The second kappa shape index (κ2) is 8.43. The van der Waals surface area contributed by atoms with Gasteiger partial charge in [-0.25, -0.2) is 4.98 Å². The zero-order chi connectivity index (χ0) is 20.3. The van der Waals surface area contributed by atoms with Gasteiger partial charge in [-0.3, -0.25) is 25.0 Å². The van der Waals surface area contributed by atoms with Crippen molar-refractivity contribution in [3.05, 3.63) is 62.9 Å². The summed E-state index contributed by atoms with van der Waals surface area (Å²) in [6.45, 7) is 5.87. The van der Waals surface area contributed by atoms with E-state index >= 15 is 0 Å². The molecule has 2 N–H and O–H groups in total. The molecule has 0 aliphatic carbocycles. The molecule has 0 aliphatic heterocycles. The summed E-state index contributed by atoms with van der Waals surface area (Å²) in [7, 11) is 0. The quantitative estimate of drug-likeness (QED) is 0.569. The Hall–Kier alpha value is -2.87. The third-order valence-corrected chi connectivity index (χ3v) is 4.86. The first kappa shape index (κ1) is 19.9. The topological polar surface area (TPSA) is 85.2 Å². The Morgan fingerprint density at radius 2 is 2.04 bits per heavy atom. The van der Waals surface area contributed by atoms with Crippen LogP contribution in [0.2, 0.25) is 0 Å². The standard InChI is InChI=1S/C20H21BrN4O3/c1-4-25-19(27)14-7-5-6-8-16(14)22-20(25)24-23-18(26)13(3)28-17-10-9-12(2)11-15(17)21/h5-11,13H,4H2,1-3H3,(H,22,24)(H,23,26). The number of aromatic nitrogens is 2. The molecule has 1 atom stereocenters. The van der Waals surface area contributed by atoms with E-state index in [1.807, 2.05) is 32.0 Å². The number of nitrogens with one attached hydrogen (secondary N) is 2. The molecule has 28 heavy (non-hydrogen) atoms. The molecular weight excluding hydrogens is 424 g/mol. The number of halogens is 1. The molecule has 1 amide bonds. The Kier molecular flexibility index (Phi) is 5.99.